The topological polar surface area (TPSA) is 102 Å². The first-order valence-corrected chi connectivity index (χ1v) is 17.7. The van der Waals surface area contributed by atoms with Gasteiger partial charge in [-0.15, -0.1) is 0 Å². The number of rotatable bonds is 8. The number of hydrogen-bond donors (Lipinski definition) is 1. The number of amides is 1. The SMILES string of the molecule is Cc1ccc2nc(N3C[C@@H](C)n4c(c(CCCOc5cc(C)c(Cl)c(C)c5)c5ccc(Cl)c(-c6c(C)nn(C)c6C)c54)C3=O)c(C(=O)O)cc2c1. The maximum atomic E-state index is 14.9. The molecule has 1 aliphatic heterocycles. The van der Waals surface area contributed by atoms with E-state index in [-0.39, 0.29) is 29.9 Å². The van der Waals surface area contributed by atoms with Crippen LogP contribution < -0.4 is 9.64 Å². The molecule has 51 heavy (non-hydrogen) atoms. The second-order valence-electron chi connectivity index (χ2n) is 13.6. The van der Waals surface area contributed by atoms with E-state index in [1.165, 1.54) is 4.90 Å². The highest BCUT2D eigenvalue weighted by molar-refractivity contribution is 6.35. The van der Waals surface area contributed by atoms with E-state index in [0.29, 0.717) is 41.1 Å². The lowest BCUT2D eigenvalue weighted by Crippen LogP contribution is -2.43. The van der Waals surface area contributed by atoms with Crippen molar-refractivity contribution in [1.29, 1.82) is 0 Å². The summed E-state index contributed by atoms with van der Waals surface area (Å²) >= 11 is 13.4. The molecule has 1 atom stereocenters. The Morgan fingerprint density at radius 3 is 2.39 bits per heavy atom. The van der Waals surface area contributed by atoms with Crippen molar-refractivity contribution < 1.29 is 19.4 Å². The summed E-state index contributed by atoms with van der Waals surface area (Å²) in [4.78, 5) is 33.9. The van der Waals surface area contributed by atoms with Crippen LogP contribution in [0.3, 0.4) is 0 Å². The molecular formula is C40H39Cl2N5O4. The summed E-state index contributed by atoms with van der Waals surface area (Å²) in [5.41, 5.74) is 9.23. The molecule has 3 aromatic carbocycles. The summed E-state index contributed by atoms with van der Waals surface area (Å²) in [7, 11) is 1.91. The number of carboxylic acid groups (broad SMARTS) is 1. The lowest BCUT2D eigenvalue weighted by molar-refractivity contribution is 0.0697. The molecular weight excluding hydrogens is 685 g/mol. The van der Waals surface area contributed by atoms with Gasteiger partial charge in [0.05, 0.1) is 28.4 Å². The zero-order valence-electron chi connectivity index (χ0n) is 29.7. The minimum atomic E-state index is -1.14. The molecule has 0 fully saturated rings. The number of hydrogen-bond acceptors (Lipinski definition) is 5. The molecule has 6 aromatic rings. The Labute approximate surface area is 306 Å². The molecule has 0 saturated heterocycles. The largest absolute Gasteiger partial charge is 0.494 e. The second-order valence-corrected chi connectivity index (χ2v) is 14.4. The van der Waals surface area contributed by atoms with Crippen molar-refractivity contribution in [3.8, 4) is 16.9 Å². The summed E-state index contributed by atoms with van der Waals surface area (Å²) in [6.45, 7) is 12.5. The highest BCUT2D eigenvalue weighted by Crippen LogP contribution is 2.45. The molecule has 3 aromatic heterocycles. The van der Waals surface area contributed by atoms with Crippen molar-refractivity contribution in [1.82, 2.24) is 19.3 Å². The molecule has 0 unspecified atom stereocenters. The van der Waals surface area contributed by atoms with Crippen LogP contribution in [0.1, 0.15) is 73.9 Å². The van der Waals surface area contributed by atoms with Crippen molar-refractivity contribution in [3.05, 3.63) is 103 Å². The predicted molar refractivity (Wildman–Crippen MR) is 203 cm³/mol. The summed E-state index contributed by atoms with van der Waals surface area (Å²) in [6.07, 6.45) is 1.14. The van der Waals surface area contributed by atoms with Gasteiger partial charge in [0.2, 0.25) is 0 Å². The van der Waals surface area contributed by atoms with Crippen molar-refractivity contribution in [2.45, 2.75) is 60.4 Å². The fraction of sp³-hybridized carbons (Fsp3) is 0.300. The van der Waals surface area contributed by atoms with E-state index in [1.54, 1.807) is 6.07 Å². The third-order valence-electron chi connectivity index (χ3n) is 10.0. The van der Waals surface area contributed by atoms with Crippen LogP contribution in [0, 0.1) is 34.6 Å². The van der Waals surface area contributed by atoms with Gasteiger partial charge in [-0.05, 0) is 107 Å². The third kappa shape index (κ3) is 5.82. The minimum Gasteiger partial charge on any atom is -0.494 e. The monoisotopic (exact) mass is 723 g/mol. The number of aryl methyl sites for hydroxylation is 6. The lowest BCUT2D eigenvalue weighted by atomic mass is 9.98. The number of ether oxygens (including phenoxy) is 1. The van der Waals surface area contributed by atoms with Gasteiger partial charge in [-0.2, -0.15) is 5.10 Å². The Kier molecular flexibility index (Phi) is 8.84. The number of carbonyl (C=O) groups excluding carboxylic acids is 1. The van der Waals surface area contributed by atoms with Crippen molar-refractivity contribution in [3.63, 3.8) is 0 Å². The Hall–Kier alpha value is -4.86. The van der Waals surface area contributed by atoms with Crippen LogP contribution in [-0.4, -0.2) is 49.5 Å². The number of anilines is 1. The summed E-state index contributed by atoms with van der Waals surface area (Å²) in [6, 6.07) is 14.8. The average Bonchev–Trinajstić information content (AvgIpc) is 3.55. The number of nitrogens with zero attached hydrogens (tertiary/aromatic N) is 5. The molecule has 0 aliphatic carbocycles. The molecule has 1 aliphatic rings. The van der Waals surface area contributed by atoms with Crippen molar-refractivity contribution in [2.75, 3.05) is 18.1 Å². The van der Waals surface area contributed by atoms with Crippen LogP contribution >= 0.6 is 23.2 Å². The number of carbonyl (C=O) groups is 2. The van der Waals surface area contributed by atoms with Gasteiger partial charge in [0.15, 0.2) is 5.82 Å². The maximum absolute atomic E-state index is 14.9. The van der Waals surface area contributed by atoms with Gasteiger partial charge in [0.25, 0.3) is 5.91 Å². The van der Waals surface area contributed by atoms with Crippen LogP contribution in [0.5, 0.6) is 5.75 Å². The van der Waals surface area contributed by atoms with Gasteiger partial charge >= 0.3 is 5.97 Å². The Balaban J connectivity index is 1.39. The second kappa shape index (κ2) is 13.0. The zero-order chi connectivity index (χ0) is 36.5. The van der Waals surface area contributed by atoms with E-state index >= 15 is 0 Å². The molecule has 0 radical (unpaired) electrons. The van der Waals surface area contributed by atoms with Crippen molar-refractivity contribution >= 4 is 62.7 Å². The molecule has 262 valence electrons. The number of aromatic nitrogens is 4. The lowest BCUT2D eigenvalue weighted by Gasteiger charge is -2.34. The van der Waals surface area contributed by atoms with Crippen LogP contribution in [0.15, 0.2) is 48.5 Å². The quantitative estimate of drug-likeness (QED) is 0.157. The summed E-state index contributed by atoms with van der Waals surface area (Å²) in [5.74, 6) is -0.585. The van der Waals surface area contributed by atoms with Gasteiger partial charge in [-0.25, -0.2) is 9.78 Å². The normalized spacial score (nSPS) is 14.5. The van der Waals surface area contributed by atoms with E-state index in [0.717, 1.165) is 66.4 Å². The molecule has 0 saturated carbocycles. The fourth-order valence-corrected chi connectivity index (χ4v) is 7.92. The van der Waals surface area contributed by atoms with Gasteiger partial charge < -0.3 is 14.4 Å². The Morgan fingerprint density at radius 1 is 1.00 bits per heavy atom. The molecule has 0 spiro atoms. The first-order valence-electron chi connectivity index (χ1n) is 17.0. The minimum absolute atomic E-state index is 0.0212. The number of aromatic carboxylic acids is 1. The number of benzene rings is 3. The average molecular weight is 725 g/mol. The zero-order valence-corrected chi connectivity index (χ0v) is 31.2. The molecule has 4 heterocycles. The van der Waals surface area contributed by atoms with Crippen LogP contribution in [0.4, 0.5) is 5.82 Å². The molecule has 1 amide bonds. The summed E-state index contributed by atoms with van der Waals surface area (Å²) in [5, 5.41) is 17.9. The first-order chi connectivity index (χ1) is 24.3. The summed E-state index contributed by atoms with van der Waals surface area (Å²) < 4.78 is 10.1. The van der Waals surface area contributed by atoms with Crippen LogP contribution in [0.2, 0.25) is 10.0 Å². The van der Waals surface area contributed by atoms with E-state index in [2.05, 4.69) is 9.67 Å². The van der Waals surface area contributed by atoms with E-state index in [1.807, 2.05) is 95.7 Å². The van der Waals surface area contributed by atoms with E-state index in [4.69, 9.17) is 32.9 Å². The van der Waals surface area contributed by atoms with Gasteiger partial charge in [-0.1, -0.05) is 40.9 Å². The fourth-order valence-electron chi connectivity index (χ4n) is 7.56. The number of carboxylic acids is 1. The molecule has 7 rings (SSSR count). The number of pyridine rings is 1. The highest BCUT2D eigenvalue weighted by atomic mass is 35.5. The van der Waals surface area contributed by atoms with E-state index < -0.39 is 5.97 Å². The highest BCUT2D eigenvalue weighted by Gasteiger charge is 2.38. The standard InChI is InChI=1S/C40H39Cl2N5O4/c1-20-10-13-32-26(15-20)18-30(40(49)50)38(43-32)46-19-23(4)47-36-29(11-12-31(41)34(36)33-24(5)44-45(7)25(33)6)28(37(47)39(46)48)9-8-14-51-27-16-21(2)35(42)22(3)17-27/h10-13,15-18,23H,8-9,14,19H2,1-7H3,(H,49,50)/t23-/m1/s1. The molecule has 1 N–H and O–H groups in total. The third-order valence-corrected chi connectivity index (χ3v) is 10.9. The van der Waals surface area contributed by atoms with Gasteiger partial charge in [-0.3, -0.25) is 14.4 Å². The molecule has 9 nitrogen and oxygen atoms in total. The van der Waals surface area contributed by atoms with Gasteiger partial charge in [0, 0.05) is 52.3 Å². The smallest absolute Gasteiger partial charge is 0.339 e. The van der Waals surface area contributed by atoms with Crippen LogP contribution in [0.25, 0.3) is 32.9 Å². The first kappa shape index (κ1) is 34.6. The number of halogens is 2. The molecule has 0 bridgehead atoms. The Bertz CT molecular complexity index is 2410. The molecule has 11 heteroatoms. The Morgan fingerprint density at radius 2 is 1.73 bits per heavy atom. The number of fused-ring (bicyclic) bond motifs is 4. The predicted octanol–water partition coefficient (Wildman–Crippen LogP) is 9.37. The van der Waals surface area contributed by atoms with E-state index in [9.17, 15) is 14.7 Å². The van der Waals surface area contributed by atoms with Gasteiger partial charge in [0.1, 0.15) is 17.0 Å². The van der Waals surface area contributed by atoms with Crippen molar-refractivity contribution in [2.24, 2.45) is 7.05 Å². The van der Waals surface area contributed by atoms with Crippen LogP contribution in [-0.2, 0) is 13.5 Å². The maximum Gasteiger partial charge on any atom is 0.339 e.